The highest BCUT2D eigenvalue weighted by Gasteiger charge is 2.04. The third-order valence-electron chi connectivity index (χ3n) is 2.84. The van der Waals surface area contributed by atoms with Gasteiger partial charge < -0.3 is 10.6 Å². The maximum Gasteiger partial charge on any atom is 0.226 e. The lowest BCUT2D eigenvalue weighted by Crippen LogP contribution is -2.16. The van der Waals surface area contributed by atoms with Crippen molar-refractivity contribution >= 4 is 33.2 Å². The Morgan fingerprint density at radius 3 is 2.52 bits per heavy atom. The van der Waals surface area contributed by atoms with E-state index in [0.29, 0.717) is 18.5 Å². The molecule has 5 heteroatoms. The van der Waals surface area contributed by atoms with Gasteiger partial charge in [0.05, 0.1) is 17.3 Å². The molecule has 0 spiro atoms. The number of nitrogens with zero attached hydrogens (tertiary/aromatic N) is 1. The molecule has 0 saturated heterocycles. The molecule has 106 valence electrons. The number of nitriles is 1. The van der Waals surface area contributed by atoms with E-state index in [0.717, 1.165) is 15.8 Å². The molecule has 4 nitrogen and oxygen atoms in total. The van der Waals surface area contributed by atoms with Crippen molar-refractivity contribution in [1.29, 1.82) is 5.26 Å². The number of amides is 1. The summed E-state index contributed by atoms with van der Waals surface area (Å²) in [5.74, 6) is -0.0527. The standard InChI is InChI=1S/C16H14BrN3O/c17-14-3-1-2-4-15(14)20-16(21)9-10-19-13-7-5-12(11-18)6-8-13/h1-8,19H,9-10H2,(H,20,21). The Kier molecular flexibility index (Phi) is 5.35. The second-order valence-electron chi connectivity index (χ2n) is 4.39. The van der Waals surface area contributed by atoms with Crippen molar-refractivity contribution in [2.45, 2.75) is 6.42 Å². The van der Waals surface area contributed by atoms with Crippen molar-refractivity contribution in [1.82, 2.24) is 0 Å². The molecular weight excluding hydrogens is 330 g/mol. The number of anilines is 2. The van der Waals surface area contributed by atoms with Gasteiger partial charge in [0.2, 0.25) is 5.91 Å². The molecule has 2 aromatic rings. The van der Waals surface area contributed by atoms with Gasteiger partial charge in [0, 0.05) is 23.1 Å². The fraction of sp³-hybridized carbons (Fsp3) is 0.125. The number of hydrogen-bond donors (Lipinski definition) is 2. The van der Waals surface area contributed by atoms with E-state index in [1.807, 2.05) is 36.4 Å². The smallest absolute Gasteiger partial charge is 0.226 e. The molecule has 0 saturated carbocycles. The Hall–Kier alpha value is -2.32. The average molecular weight is 344 g/mol. The van der Waals surface area contributed by atoms with E-state index in [4.69, 9.17) is 5.26 Å². The molecule has 1 amide bonds. The zero-order valence-electron chi connectivity index (χ0n) is 11.3. The van der Waals surface area contributed by atoms with Crippen LogP contribution in [0.3, 0.4) is 0 Å². The second-order valence-corrected chi connectivity index (χ2v) is 5.25. The fourth-order valence-electron chi connectivity index (χ4n) is 1.76. The van der Waals surface area contributed by atoms with Crippen LogP contribution in [0, 0.1) is 11.3 Å². The molecule has 0 aliphatic carbocycles. The molecule has 0 radical (unpaired) electrons. The van der Waals surface area contributed by atoms with Crippen molar-refractivity contribution in [3.63, 3.8) is 0 Å². The summed E-state index contributed by atoms with van der Waals surface area (Å²) in [6.07, 6.45) is 0.362. The molecule has 2 N–H and O–H groups in total. The van der Waals surface area contributed by atoms with E-state index in [9.17, 15) is 4.79 Å². The molecule has 2 rings (SSSR count). The predicted octanol–water partition coefficient (Wildman–Crippen LogP) is 3.76. The van der Waals surface area contributed by atoms with Crippen LogP contribution < -0.4 is 10.6 Å². The van der Waals surface area contributed by atoms with E-state index in [2.05, 4.69) is 32.6 Å². The summed E-state index contributed by atoms with van der Waals surface area (Å²) in [5.41, 5.74) is 2.27. The normalized spacial score (nSPS) is 9.71. The molecule has 0 bridgehead atoms. The van der Waals surface area contributed by atoms with Crippen molar-refractivity contribution in [2.24, 2.45) is 0 Å². The summed E-state index contributed by atoms with van der Waals surface area (Å²) in [5, 5.41) is 14.7. The molecule has 0 atom stereocenters. The van der Waals surface area contributed by atoms with Gasteiger partial charge in [-0.05, 0) is 52.3 Å². The molecule has 2 aromatic carbocycles. The molecule has 0 aromatic heterocycles. The van der Waals surface area contributed by atoms with Crippen molar-refractivity contribution < 1.29 is 4.79 Å². The minimum atomic E-state index is -0.0527. The zero-order chi connectivity index (χ0) is 15.1. The SMILES string of the molecule is N#Cc1ccc(NCCC(=O)Nc2ccccc2Br)cc1. The molecule has 21 heavy (non-hydrogen) atoms. The highest BCUT2D eigenvalue weighted by atomic mass is 79.9. The van der Waals surface area contributed by atoms with Crippen LogP contribution in [0.4, 0.5) is 11.4 Å². The molecule has 0 aliphatic heterocycles. The lowest BCUT2D eigenvalue weighted by Gasteiger charge is -2.08. The van der Waals surface area contributed by atoms with E-state index < -0.39 is 0 Å². The number of hydrogen-bond acceptors (Lipinski definition) is 3. The summed E-state index contributed by atoms with van der Waals surface area (Å²) in [4.78, 5) is 11.8. The van der Waals surface area contributed by atoms with Crippen LogP contribution in [0.1, 0.15) is 12.0 Å². The topological polar surface area (TPSA) is 64.9 Å². The number of rotatable bonds is 5. The summed E-state index contributed by atoms with van der Waals surface area (Å²) in [7, 11) is 0. The molecule has 0 unspecified atom stereocenters. The van der Waals surface area contributed by atoms with Gasteiger partial charge in [-0.15, -0.1) is 0 Å². The van der Waals surface area contributed by atoms with E-state index in [1.165, 1.54) is 0 Å². The lowest BCUT2D eigenvalue weighted by atomic mass is 10.2. The van der Waals surface area contributed by atoms with Crippen LogP contribution in [-0.4, -0.2) is 12.5 Å². The van der Waals surface area contributed by atoms with Crippen molar-refractivity contribution in [3.05, 3.63) is 58.6 Å². The van der Waals surface area contributed by atoms with E-state index >= 15 is 0 Å². The Morgan fingerprint density at radius 2 is 1.86 bits per heavy atom. The van der Waals surface area contributed by atoms with E-state index in [1.54, 1.807) is 12.1 Å². The highest BCUT2D eigenvalue weighted by Crippen LogP contribution is 2.21. The van der Waals surface area contributed by atoms with Crippen LogP contribution in [0.25, 0.3) is 0 Å². The molecule has 0 aliphatic rings. The number of carbonyl (C=O) groups is 1. The fourth-order valence-corrected chi connectivity index (χ4v) is 2.14. The van der Waals surface area contributed by atoms with Crippen LogP contribution in [0.5, 0.6) is 0 Å². The summed E-state index contributed by atoms with van der Waals surface area (Å²) < 4.78 is 0.860. The predicted molar refractivity (Wildman–Crippen MR) is 87.0 cm³/mol. The van der Waals surface area contributed by atoms with Crippen LogP contribution in [0.15, 0.2) is 53.0 Å². The number of carbonyl (C=O) groups excluding carboxylic acids is 1. The third kappa shape index (κ3) is 4.62. The van der Waals surface area contributed by atoms with Crippen molar-refractivity contribution in [2.75, 3.05) is 17.2 Å². The Balaban J connectivity index is 1.79. The zero-order valence-corrected chi connectivity index (χ0v) is 12.9. The van der Waals surface area contributed by atoms with Crippen LogP contribution in [-0.2, 0) is 4.79 Å². The number of para-hydroxylation sites is 1. The van der Waals surface area contributed by atoms with Gasteiger partial charge in [-0.2, -0.15) is 5.26 Å². The van der Waals surface area contributed by atoms with Crippen LogP contribution in [0.2, 0.25) is 0 Å². The van der Waals surface area contributed by atoms with Gasteiger partial charge in [-0.3, -0.25) is 4.79 Å². The largest absolute Gasteiger partial charge is 0.385 e. The Bertz CT molecular complexity index is 662. The molecule has 0 heterocycles. The molecule has 0 fully saturated rings. The first-order valence-electron chi connectivity index (χ1n) is 6.47. The number of halogens is 1. The molecular formula is C16H14BrN3O. The minimum absolute atomic E-state index is 0.0527. The Morgan fingerprint density at radius 1 is 1.14 bits per heavy atom. The number of nitrogens with one attached hydrogen (secondary N) is 2. The Labute approximate surface area is 131 Å². The van der Waals surface area contributed by atoms with E-state index in [-0.39, 0.29) is 5.91 Å². The maximum atomic E-state index is 11.8. The van der Waals surface area contributed by atoms with Gasteiger partial charge >= 0.3 is 0 Å². The van der Waals surface area contributed by atoms with Gasteiger partial charge in [0.15, 0.2) is 0 Å². The number of benzene rings is 2. The lowest BCUT2D eigenvalue weighted by molar-refractivity contribution is -0.115. The maximum absolute atomic E-state index is 11.8. The van der Waals surface area contributed by atoms with Crippen LogP contribution >= 0.6 is 15.9 Å². The first-order valence-corrected chi connectivity index (χ1v) is 7.27. The second kappa shape index (κ2) is 7.46. The monoisotopic (exact) mass is 343 g/mol. The first kappa shape index (κ1) is 15.1. The quantitative estimate of drug-likeness (QED) is 0.868. The highest BCUT2D eigenvalue weighted by molar-refractivity contribution is 9.10. The van der Waals surface area contributed by atoms with Gasteiger partial charge in [-0.25, -0.2) is 0 Å². The average Bonchev–Trinajstić information content (AvgIpc) is 2.50. The summed E-state index contributed by atoms with van der Waals surface area (Å²) in [6, 6.07) is 16.7. The minimum Gasteiger partial charge on any atom is -0.385 e. The van der Waals surface area contributed by atoms with Gasteiger partial charge in [-0.1, -0.05) is 12.1 Å². The van der Waals surface area contributed by atoms with Gasteiger partial charge in [0.1, 0.15) is 0 Å². The van der Waals surface area contributed by atoms with Gasteiger partial charge in [0.25, 0.3) is 0 Å². The summed E-state index contributed by atoms with van der Waals surface area (Å²) in [6.45, 7) is 0.530. The summed E-state index contributed by atoms with van der Waals surface area (Å²) >= 11 is 3.39. The first-order chi connectivity index (χ1) is 10.2. The third-order valence-corrected chi connectivity index (χ3v) is 3.53. The van der Waals surface area contributed by atoms with Crippen molar-refractivity contribution in [3.8, 4) is 6.07 Å².